The number of ether oxygens (including phenoxy) is 1. The number of rotatable bonds is 6. The summed E-state index contributed by atoms with van der Waals surface area (Å²) in [5.74, 6) is -0.488. The summed E-state index contributed by atoms with van der Waals surface area (Å²) in [7, 11) is 0. The van der Waals surface area contributed by atoms with Gasteiger partial charge in [-0.25, -0.2) is 9.18 Å². The molecule has 1 saturated carbocycles. The third-order valence-electron chi connectivity index (χ3n) is 3.44. The van der Waals surface area contributed by atoms with Gasteiger partial charge in [-0.3, -0.25) is 0 Å². The molecule has 128 valence electrons. The van der Waals surface area contributed by atoms with E-state index < -0.39 is 17.5 Å². The summed E-state index contributed by atoms with van der Waals surface area (Å²) < 4.78 is 19.5. The van der Waals surface area contributed by atoms with Crippen LogP contribution < -0.4 is 5.32 Å². The van der Waals surface area contributed by atoms with Gasteiger partial charge < -0.3 is 15.0 Å². The summed E-state index contributed by atoms with van der Waals surface area (Å²) in [5.41, 5.74) is -0.207. The molecule has 6 heteroatoms. The molecule has 1 N–H and O–H groups in total. The van der Waals surface area contributed by atoms with Crippen molar-refractivity contribution in [1.82, 2.24) is 10.2 Å². The molecule has 4 nitrogen and oxygen atoms in total. The quantitative estimate of drug-likeness (QED) is 0.850. The lowest BCUT2D eigenvalue weighted by Crippen LogP contribution is -2.40. The number of hydrogen-bond donors (Lipinski definition) is 1. The first-order valence-corrected chi connectivity index (χ1v) is 8.28. The molecule has 0 spiro atoms. The summed E-state index contributed by atoms with van der Waals surface area (Å²) in [6, 6.07) is 5.36. The van der Waals surface area contributed by atoms with Crippen molar-refractivity contribution < 1.29 is 13.9 Å². The van der Waals surface area contributed by atoms with Crippen molar-refractivity contribution in [3.63, 3.8) is 0 Å². The Labute approximate surface area is 141 Å². The topological polar surface area (TPSA) is 41.6 Å². The van der Waals surface area contributed by atoms with E-state index in [9.17, 15) is 9.18 Å². The number of carbonyl (C=O) groups excluding carboxylic acids is 1. The number of amides is 1. The molecule has 0 aromatic heterocycles. The molecule has 2 rings (SSSR count). The van der Waals surface area contributed by atoms with Crippen molar-refractivity contribution >= 4 is 17.7 Å². The maximum atomic E-state index is 14.1. The molecule has 0 aliphatic heterocycles. The lowest BCUT2D eigenvalue weighted by atomic mass is 10.2. The molecule has 1 aromatic rings. The first kappa shape index (κ1) is 18.0. The van der Waals surface area contributed by atoms with Gasteiger partial charge in [-0.1, -0.05) is 23.7 Å². The van der Waals surface area contributed by atoms with E-state index in [2.05, 4.69) is 5.32 Å². The van der Waals surface area contributed by atoms with Crippen molar-refractivity contribution in [3.8, 4) is 0 Å². The first-order chi connectivity index (χ1) is 10.8. The van der Waals surface area contributed by atoms with Crippen LogP contribution in [0.15, 0.2) is 18.2 Å². The zero-order valence-electron chi connectivity index (χ0n) is 13.9. The van der Waals surface area contributed by atoms with Crippen LogP contribution in [0, 0.1) is 5.82 Å². The monoisotopic (exact) mass is 342 g/mol. The van der Waals surface area contributed by atoms with Gasteiger partial charge in [-0.05, 0) is 39.7 Å². The van der Waals surface area contributed by atoms with Gasteiger partial charge in [0.1, 0.15) is 11.4 Å². The Hall–Kier alpha value is -1.33. The molecule has 0 unspecified atom stereocenters. The fourth-order valence-electron chi connectivity index (χ4n) is 2.13. The lowest BCUT2D eigenvalue weighted by Gasteiger charge is -2.27. The third-order valence-corrected chi connectivity index (χ3v) is 3.73. The van der Waals surface area contributed by atoms with Gasteiger partial charge in [0.15, 0.2) is 0 Å². The molecule has 1 aromatic carbocycles. The SMILES string of the molecule is CC(C)(C)OC(=O)N(CCNC1CC1)Cc1cccc(Cl)c1F. The van der Waals surface area contributed by atoms with Crippen LogP contribution in [0.25, 0.3) is 0 Å². The number of nitrogens with one attached hydrogen (secondary N) is 1. The van der Waals surface area contributed by atoms with Gasteiger partial charge in [0.05, 0.1) is 11.6 Å². The summed E-state index contributed by atoms with van der Waals surface area (Å²) in [6.07, 6.45) is 1.90. The maximum Gasteiger partial charge on any atom is 0.410 e. The standard InChI is InChI=1S/C17H24ClFN2O2/c1-17(2,3)23-16(22)21(10-9-20-13-7-8-13)11-12-5-4-6-14(18)15(12)19/h4-6,13,20H,7-11H2,1-3H3. The smallest absolute Gasteiger partial charge is 0.410 e. The van der Waals surface area contributed by atoms with E-state index in [1.54, 1.807) is 12.1 Å². The normalized spacial score (nSPS) is 14.7. The molecular weight excluding hydrogens is 319 g/mol. The average Bonchev–Trinajstić information content (AvgIpc) is 3.24. The van der Waals surface area contributed by atoms with E-state index >= 15 is 0 Å². The van der Waals surface area contributed by atoms with Crippen LogP contribution in [0.1, 0.15) is 39.2 Å². The Kier molecular flexibility index (Phi) is 5.87. The number of nitrogens with zero attached hydrogens (tertiary/aromatic N) is 1. The third kappa shape index (κ3) is 5.99. The molecule has 0 heterocycles. The van der Waals surface area contributed by atoms with Gasteiger partial charge in [0.2, 0.25) is 0 Å². The van der Waals surface area contributed by atoms with E-state index in [0.717, 1.165) is 0 Å². The highest BCUT2D eigenvalue weighted by molar-refractivity contribution is 6.30. The van der Waals surface area contributed by atoms with Gasteiger partial charge in [-0.15, -0.1) is 0 Å². The van der Waals surface area contributed by atoms with Gasteiger partial charge in [-0.2, -0.15) is 0 Å². The lowest BCUT2D eigenvalue weighted by molar-refractivity contribution is 0.0234. The molecule has 1 aliphatic carbocycles. The fourth-order valence-corrected chi connectivity index (χ4v) is 2.32. The fraction of sp³-hybridized carbons (Fsp3) is 0.588. The van der Waals surface area contributed by atoms with Crippen LogP contribution in [0.5, 0.6) is 0 Å². The number of benzene rings is 1. The molecule has 1 fully saturated rings. The second-order valence-corrected chi connectivity index (χ2v) is 7.25. The molecule has 23 heavy (non-hydrogen) atoms. The van der Waals surface area contributed by atoms with E-state index in [4.69, 9.17) is 16.3 Å². The highest BCUT2D eigenvalue weighted by Gasteiger charge is 2.25. The minimum atomic E-state index is -0.591. The van der Waals surface area contributed by atoms with Crippen molar-refractivity contribution in [2.75, 3.05) is 13.1 Å². The summed E-state index contributed by atoms with van der Waals surface area (Å²) in [4.78, 5) is 13.9. The number of hydrogen-bond acceptors (Lipinski definition) is 3. The predicted octanol–water partition coefficient (Wildman–Crippen LogP) is 3.97. The van der Waals surface area contributed by atoms with Crippen molar-refractivity contribution in [2.45, 2.75) is 51.8 Å². The van der Waals surface area contributed by atoms with E-state index in [1.165, 1.54) is 23.8 Å². The van der Waals surface area contributed by atoms with E-state index in [1.807, 2.05) is 20.8 Å². The largest absolute Gasteiger partial charge is 0.444 e. The van der Waals surface area contributed by atoms with Crippen LogP contribution in [-0.4, -0.2) is 35.7 Å². The Morgan fingerprint density at radius 1 is 1.43 bits per heavy atom. The molecule has 0 radical (unpaired) electrons. The Morgan fingerprint density at radius 2 is 2.13 bits per heavy atom. The van der Waals surface area contributed by atoms with Crippen molar-refractivity contribution in [3.05, 3.63) is 34.6 Å². The number of halogens is 2. The van der Waals surface area contributed by atoms with Gasteiger partial charge in [0, 0.05) is 24.7 Å². The predicted molar refractivity (Wildman–Crippen MR) is 89.1 cm³/mol. The summed E-state index contributed by atoms with van der Waals surface area (Å²) in [5, 5.41) is 3.41. The van der Waals surface area contributed by atoms with Gasteiger partial charge >= 0.3 is 6.09 Å². The van der Waals surface area contributed by atoms with Crippen LogP contribution in [0.4, 0.5) is 9.18 Å². The van der Waals surface area contributed by atoms with Crippen LogP contribution in [-0.2, 0) is 11.3 Å². The zero-order valence-corrected chi connectivity index (χ0v) is 14.6. The second kappa shape index (κ2) is 7.49. The minimum absolute atomic E-state index is 0.0581. The molecule has 1 amide bonds. The Bertz CT molecular complexity index is 556. The molecule has 1 aliphatic rings. The van der Waals surface area contributed by atoms with Crippen LogP contribution in [0.3, 0.4) is 0 Å². The second-order valence-electron chi connectivity index (χ2n) is 6.84. The van der Waals surface area contributed by atoms with Crippen LogP contribution in [0.2, 0.25) is 5.02 Å². The zero-order chi connectivity index (χ0) is 17.0. The van der Waals surface area contributed by atoms with E-state index in [-0.39, 0.29) is 11.6 Å². The maximum absolute atomic E-state index is 14.1. The summed E-state index contributed by atoms with van der Waals surface area (Å²) >= 11 is 5.82. The number of carbonyl (C=O) groups is 1. The average molecular weight is 343 g/mol. The van der Waals surface area contributed by atoms with Gasteiger partial charge in [0.25, 0.3) is 0 Å². The summed E-state index contributed by atoms with van der Waals surface area (Å²) in [6.45, 7) is 6.68. The highest BCUT2D eigenvalue weighted by Crippen LogP contribution is 2.21. The minimum Gasteiger partial charge on any atom is -0.444 e. The van der Waals surface area contributed by atoms with Crippen molar-refractivity contribution in [2.24, 2.45) is 0 Å². The molecular formula is C17H24ClFN2O2. The molecule has 0 atom stereocenters. The molecule has 0 saturated heterocycles. The highest BCUT2D eigenvalue weighted by atomic mass is 35.5. The Balaban J connectivity index is 2.04. The Morgan fingerprint density at radius 3 is 2.74 bits per heavy atom. The first-order valence-electron chi connectivity index (χ1n) is 7.90. The van der Waals surface area contributed by atoms with Crippen molar-refractivity contribution in [1.29, 1.82) is 0 Å². The van der Waals surface area contributed by atoms with E-state index in [0.29, 0.717) is 24.7 Å². The van der Waals surface area contributed by atoms with Crippen LogP contribution >= 0.6 is 11.6 Å². The molecule has 0 bridgehead atoms.